The van der Waals surface area contributed by atoms with E-state index < -0.39 is 6.09 Å². The molecule has 0 aliphatic rings. The monoisotopic (exact) mass is 272 g/mol. The first-order valence-corrected chi connectivity index (χ1v) is 6.14. The van der Waals surface area contributed by atoms with Crippen LogP contribution in [0, 0.1) is 0 Å². The minimum atomic E-state index is -0.491. The van der Waals surface area contributed by atoms with Crippen molar-refractivity contribution in [1.82, 2.24) is 0 Å². The number of methoxy groups -OCH3 is 1. The molecule has 0 bridgehead atoms. The standard InChI is InChI=1S/C15H16N2O3/c1-20-15(19)17-13-6-4-12(5-7-13)16-10-11-2-8-14(18)9-3-11/h2-9,16,18H,10H2,1H3,(H,17,19). The highest BCUT2D eigenvalue weighted by molar-refractivity contribution is 5.84. The van der Waals surface area contributed by atoms with E-state index in [1.54, 1.807) is 24.3 Å². The Morgan fingerprint density at radius 2 is 1.65 bits per heavy atom. The second kappa shape index (κ2) is 6.47. The summed E-state index contributed by atoms with van der Waals surface area (Å²) in [6.45, 7) is 0.657. The Labute approximate surface area is 117 Å². The minimum Gasteiger partial charge on any atom is -0.508 e. The number of hydrogen-bond donors (Lipinski definition) is 3. The van der Waals surface area contributed by atoms with Gasteiger partial charge in [-0.2, -0.15) is 0 Å². The first kappa shape index (κ1) is 13.7. The molecule has 5 heteroatoms. The van der Waals surface area contributed by atoms with Crippen LogP contribution in [0.1, 0.15) is 5.56 Å². The maximum Gasteiger partial charge on any atom is 0.411 e. The lowest BCUT2D eigenvalue weighted by atomic mass is 10.2. The molecule has 0 atom stereocenters. The number of carbonyl (C=O) groups is 1. The van der Waals surface area contributed by atoms with Crippen LogP contribution in [0.4, 0.5) is 16.2 Å². The van der Waals surface area contributed by atoms with Crippen LogP contribution < -0.4 is 10.6 Å². The van der Waals surface area contributed by atoms with E-state index in [9.17, 15) is 9.90 Å². The van der Waals surface area contributed by atoms with E-state index in [1.165, 1.54) is 7.11 Å². The van der Waals surface area contributed by atoms with E-state index in [-0.39, 0.29) is 5.75 Å². The maximum absolute atomic E-state index is 11.0. The van der Waals surface area contributed by atoms with Gasteiger partial charge in [-0.25, -0.2) is 4.79 Å². The summed E-state index contributed by atoms with van der Waals surface area (Å²) in [6.07, 6.45) is -0.491. The van der Waals surface area contributed by atoms with Crippen molar-refractivity contribution in [3.8, 4) is 5.75 Å². The van der Waals surface area contributed by atoms with Crippen LogP contribution in [0.2, 0.25) is 0 Å². The number of aromatic hydroxyl groups is 1. The fourth-order valence-electron chi connectivity index (χ4n) is 1.66. The summed E-state index contributed by atoms with van der Waals surface area (Å²) >= 11 is 0. The van der Waals surface area contributed by atoms with Gasteiger partial charge < -0.3 is 15.2 Å². The summed E-state index contributed by atoms with van der Waals surface area (Å²) in [5.41, 5.74) is 2.68. The molecular weight excluding hydrogens is 256 g/mol. The first-order chi connectivity index (χ1) is 9.67. The number of phenols is 1. The molecule has 0 saturated heterocycles. The molecular formula is C15H16N2O3. The van der Waals surface area contributed by atoms with Crippen molar-refractivity contribution >= 4 is 17.5 Å². The highest BCUT2D eigenvalue weighted by atomic mass is 16.5. The van der Waals surface area contributed by atoms with Gasteiger partial charge in [0.25, 0.3) is 0 Å². The molecule has 0 heterocycles. The van der Waals surface area contributed by atoms with E-state index in [2.05, 4.69) is 15.4 Å². The van der Waals surface area contributed by atoms with E-state index in [0.29, 0.717) is 12.2 Å². The fraction of sp³-hybridized carbons (Fsp3) is 0.133. The van der Waals surface area contributed by atoms with E-state index in [1.807, 2.05) is 24.3 Å². The van der Waals surface area contributed by atoms with Crippen LogP contribution in [0.15, 0.2) is 48.5 Å². The van der Waals surface area contributed by atoms with Gasteiger partial charge in [0.2, 0.25) is 0 Å². The molecule has 104 valence electrons. The average Bonchev–Trinajstić information content (AvgIpc) is 2.48. The fourth-order valence-corrected chi connectivity index (χ4v) is 1.66. The van der Waals surface area contributed by atoms with Gasteiger partial charge in [0, 0.05) is 17.9 Å². The van der Waals surface area contributed by atoms with Crippen molar-refractivity contribution < 1.29 is 14.6 Å². The van der Waals surface area contributed by atoms with Crippen molar-refractivity contribution in [2.45, 2.75) is 6.54 Å². The van der Waals surface area contributed by atoms with Gasteiger partial charge in [0.1, 0.15) is 5.75 Å². The molecule has 5 nitrogen and oxygen atoms in total. The molecule has 0 radical (unpaired) electrons. The number of rotatable bonds is 4. The summed E-state index contributed by atoms with van der Waals surface area (Å²) < 4.78 is 4.51. The summed E-state index contributed by atoms with van der Waals surface area (Å²) in [7, 11) is 1.32. The van der Waals surface area contributed by atoms with Gasteiger partial charge in [0.15, 0.2) is 0 Å². The highest BCUT2D eigenvalue weighted by Gasteiger charge is 2.00. The van der Waals surface area contributed by atoms with Crippen LogP contribution in [-0.2, 0) is 11.3 Å². The third-order valence-electron chi connectivity index (χ3n) is 2.75. The third-order valence-corrected chi connectivity index (χ3v) is 2.75. The van der Waals surface area contributed by atoms with Gasteiger partial charge in [-0.3, -0.25) is 5.32 Å². The molecule has 2 aromatic carbocycles. The second-order valence-corrected chi connectivity index (χ2v) is 4.21. The molecule has 1 amide bonds. The predicted octanol–water partition coefficient (Wildman–Crippen LogP) is 3.18. The van der Waals surface area contributed by atoms with Crippen molar-refractivity contribution in [3.05, 3.63) is 54.1 Å². The molecule has 0 aromatic heterocycles. The number of carbonyl (C=O) groups excluding carboxylic acids is 1. The summed E-state index contributed by atoms with van der Waals surface area (Å²) in [6, 6.07) is 14.3. The lowest BCUT2D eigenvalue weighted by Gasteiger charge is -2.08. The molecule has 0 unspecified atom stereocenters. The molecule has 0 spiro atoms. The van der Waals surface area contributed by atoms with Crippen LogP contribution in [0.5, 0.6) is 5.75 Å². The van der Waals surface area contributed by atoms with Crippen LogP contribution in [-0.4, -0.2) is 18.3 Å². The molecule has 2 rings (SSSR count). The molecule has 0 fully saturated rings. The number of anilines is 2. The smallest absolute Gasteiger partial charge is 0.411 e. The molecule has 0 aliphatic heterocycles. The van der Waals surface area contributed by atoms with Gasteiger partial charge in [-0.05, 0) is 42.0 Å². The number of hydrogen-bond acceptors (Lipinski definition) is 4. The lowest BCUT2D eigenvalue weighted by Crippen LogP contribution is -2.10. The predicted molar refractivity (Wildman–Crippen MR) is 77.9 cm³/mol. The van der Waals surface area contributed by atoms with Crippen LogP contribution in [0.25, 0.3) is 0 Å². The third kappa shape index (κ3) is 3.91. The largest absolute Gasteiger partial charge is 0.508 e. The maximum atomic E-state index is 11.0. The topological polar surface area (TPSA) is 70.6 Å². The molecule has 3 N–H and O–H groups in total. The average molecular weight is 272 g/mol. The van der Waals surface area contributed by atoms with E-state index in [0.717, 1.165) is 11.3 Å². The van der Waals surface area contributed by atoms with Crippen LogP contribution >= 0.6 is 0 Å². The Morgan fingerprint density at radius 3 is 2.25 bits per heavy atom. The summed E-state index contributed by atoms with van der Waals surface area (Å²) in [5.74, 6) is 0.256. The van der Waals surface area contributed by atoms with Gasteiger partial charge >= 0.3 is 6.09 Å². The van der Waals surface area contributed by atoms with Crippen molar-refractivity contribution in [2.75, 3.05) is 17.7 Å². The van der Waals surface area contributed by atoms with Crippen molar-refractivity contribution in [2.24, 2.45) is 0 Å². The molecule has 0 aliphatic carbocycles. The van der Waals surface area contributed by atoms with Crippen molar-refractivity contribution in [3.63, 3.8) is 0 Å². The number of nitrogens with one attached hydrogen (secondary N) is 2. The normalized spacial score (nSPS) is 9.85. The quantitative estimate of drug-likeness (QED) is 0.799. The van der Waals surface area contributed by atoms with Crippen LogP contribution in [0.3, 0.4) is 0 Å². The van der Waals surface area contributed by atoms with E-state index in [4.69, 9.17) is 0 Å². The minimum absolute atomic E-state index is 0.256. The molecule has 20 heavy (non-hydrogen) atoms. The summed E-state index contributed by atoms with van der Waals surface area (Å²) in [5, 5.41) is 15.0. The van der Waals surface area contributed by atoms with Crippen molar-refractivity contribution in [1.29, 1.82) is 0 Å². The SMILES string of the molecule is COC(=O)Nc1ccc(NCc2ccc(O)cc2)cc1. The molecule has 0 saturated carbocycles. The van der Waals surface area contributed by atoms with Gasteiger partial charge in [-0.1, -0.05) is 12.1 Å². The second-order valence-electron chi connectivity index (χ2n) is 4.21. The number of phenolic OH excluding ortho intramolecular Hbond substituents is 1. The zero-order valence-corrected chi connectivity index (χ0v) is 11.1. The number of amides is 1. The Bertz CT molecular complexity index is 565. The molecule has 2 aromatic rings. The Hall–Kier alpha value is -2.69. The number of ether oxygens (including phenoxy) is 1. The van der Waals surface area contributed by atoms with Gasteiger partial charge in [0.05, 0.1) is 7.11 Å². The summed E-state index contributed by atoms with van der Waals surface area (Å²) in [4.78, 5) is 11.0. The Morgan fingerprint density at radius 1 is 1.05 bits per heavy atom. The zero-order chi connectivity index (χ0) is 14.4. The Kier molecular flexibility index (Phi) is 4.44. The zero-order valence-electron chi connectivity index (χ0n) is 11.1. The first-order valence-electron chi connectivity index (χ1n) is 6.14. The van der Waals surface area contributed by atoms with E-state index >= 15 is 0 Å². The highest BCUT2D eigenvalue weighted by Crippen LogP contribution is 2.15. The number of benzene rings is 2. The van der Waals surface area contributed by atoms with Gasteiger partial charge in [-0.15, -0.1) is 0 Å². The Balaban J connectivity index is 1.90. The lowest BCUT2D eigenvalue weighted by molar-refractivity contribution is 0.187.